The number of anilines is 4. The van der Waals surface area contributed by atoms with Crippen molar-refractivity contribution in [1.82, 2.24) is 35.2 Å². The van der Waals surface area contributed by atoms with Crippen LogP contribution < -0.4 is 16.0 Å². The number of hydrogen-bond donors (Lipinski definition) is 3. The van der Waals surface area contributed by atoms with Gasteiger partial charge in [-0.2, -0.15) is 4.98 Å². The maximum Gasteiger partial charge on any atom is 0.357 e. The van der Waals surface area contributed by atoms with Gasteiger partial charge in [0.15, 0.2) is 5.82 Å². The molecule has 0 aromatic carbocycles. The third-order valence-corrected chi connectivity index (χ3v) is 6.25. The summed E-state index contributed by atoms with van der Waals surface area (Å²) in [4.78, 5) is 38.9. The number of aryl methyl sites for hydroxylation is 1. The number of esters is 1. The number of ether oxygens (including phenoxy) is 1. The van der Waals surface area contributed by atoms with Crippen molar-refractivity contribution in [1.29, 1.82) is 0 Å². The Balaban J connectivity index is 1.21. The minimum atomic E-state index is -0.421. The third-order valence-electron chi connectivity index (χ3n) is 6.25. The molecule has 0 radical (unpaired) electrons. The molecule has 5 rings (SSSR count). The van der Waals surface area contributed by atoms with E-state index in [4.69, 9.17) is 4.74 Å². The maximum absolute atomic E-state index is 12.5. The molecule has 11 nitrogen and oxygen atoms in total. The zero-order valence-corrected chi connectivity index (χ0v) is 21.3. The number of rotatable bonds is 8. The van der Waals surface area contributed by atoms with Crippen molar-refractivity contribution in [3.05, 3.63) is 72.4 Å². The van der Waals surface area contributed by atoms with Crippen molar-refractivity contribution in [3.8, 4) is 11.5 Å². The largest absolute Gasteiger partial charge is 0.458 e. The number of nitrogens with zero attached hydrogens (tertiary/aromatic N) is 6. The van der Waals surface area contributed by atoms with E-state index in [0.717, 1.165) is 31.6 Å². The zero-order valence-electron chi connectivity index (χ0n) is 21.3. The van der Waals surface area contributed by atoms with Crippen molar-refractivity contribution in [2.75, 3.05) is 23.7 Å². The van der Waals surface area contributed by atoms with E-state index in [9.17, 15) is 4.79 Å². The van der Waals surface area contributed by atoms with Gasteiger partial charge in [-0.05, 0) is 82.1 Å². The number of pyridine rings is 2. The second-order valence-electron chi connectivity index (χ2n) is 9.08. The maximum atomic E-state index is 12.5. The average Bonchev–Trinajstić information content (AvgIpc) is 2.94. The summed E-state index contributed by atoms with van der Waals surface area (Å²) in [7, 11) is 0. The van der Waals surface area contributed by atoms with Crippen molar-refractivity contribution in [2.45, 2.75) is 32.8 Å². The highest BCUT2D eigenvalue weighted by Crippen LogP contribution is 2.21. The van der Waals surface area contributed by atoms with Crippen LogP contribution >= 0.6 is 0 Å². The van der Waals surface area contributed by atoms with E-state index in [1.807, 2.05) is 32.0 Å². The standard InChI is InChI=1S/C27H29N9O2/c1-17-4-3-5-21(32-17)25-29-14-10-23(35-25)34-24-11-15-30-27(36-24)33-20-6-7-22(31-16-20)26(37)38-18(2)19-8-12-28-13-9-19/h3-7,10-11,14-16,18-19,28H,8-9,12-13H2,1-2H3,(H2,29,30,33,34,35,36). The van der Waals surface area contributed by atoms with Crippen LogP contribution in [-0.4, -0.2) is 55.1 Å². The molecule has 4 aromatic rings. The van der Waals surface area contributed by atoms with E-state index in [0.29, 0.717) is 40.7 Å². The Kier molecular flexibility index (Phi) is 7.74. The second-order valence-corrected chi connectivity index (χ2v) is 9.08. The van der Waals surface area contributed by atoms with Crippen LogP contribution in [0, 0.1) is 12.8 Å². The van der Waals surface area contributed by atoms with E-state index in [2.05, 4.69) is 45.9 Å². The summed E-state index contributed by atoms with van der Waals surface area (Å²) in [5.41, 5.74) is 2.48. The fourth-order valence-corrected chi connectivity index (χ4v) is 4.20. The normalized spacial score (nSPS) is 14.5. The highest BCUT2D eigenvalue weighted by atomic mass is 16.5. The first-order valence-corrected chi connectivity index (χ1v) is 12.6. The minimum Gasteiger partial charge on any atom is -0.458 e. The summed E-state index contributed by atoms with van der Waals surface area (Å²) < 4.78 is 5.65. The molecular formula is C27H29N9O2. The van der Waals surface area contributed by atoms with Gasteiger partial charge in [0.25, 0.3) is 0 Å². The number of hydrogen-bond acceptors (Lipinski definition) is 11. The SMILES string of the molecule is Cc1cccc(-c2nccc(Nc3ccnc(Nc4ccc(C(=O)OC(C)C5CCNCC5)nc4)n3)n2)n1. The molecule has 1 unspecified atom stereocenters. The smallest absolute Gasteiger partial charge is 0.357 e. The molecule has 0 amide bonds. The number of aromatic nitrogens is 6. The zero-order chi connectivity index (χ0) is 26.3. The van der Waals surface area contributed by atoms with E-state index in [-0.39, 0.29) is 11.8 Å². The topological polar surface area (TPSA) is 140 Å². The molecule has 1 saturated heterocycles. The van der Waals surface area contributed by atoms with Gasteiger partial charge in [0.2, 0.25) is 5.95 Å². The Morgan fingerprint density at radius 1 is 0.947 bits per heavy atom. The van der Waals surface area contributed by atoms with Gasteiger partial charge < -0.3 is 20.7 Å². The van der Waals surface area contributed by atoms with Gasteiger partial charge in [-0.25, -0.2) is 29.7 Å². The number of nitrogens with one attached hydrogen (secondary N) is 3. The van der Waals surface area contributed by atoms with Crippen LogP contribution in [0.1, 0.15) is 35.9 Å². The van der Waals surface area contributed by atoms with Crippen molar-refractivity contribution < 1.29 is 9.53 Å². The van der Waals surface area contributed by atoms with Crippen LogP contribution in [-0.2, 0) is 4.74 Å². The Morgan fingerprint density at radius 2 is 1.74 bits per heavy atom. The highest BCUT2D eigenvalue weighted by Gasteiger charge is 2.24. The molecule has 0 aliphatic carbocycles. The molecule has 1 fully saturated rings. The summed E-state index contributed by atoms with van der Waals surface area (Å²) in [6.45, 7) is 5.78. The van der Waals surface area contributed by atoms with E-state index >= 15 is 0 Å². The Bertz CT molecular complexity index is 1390. The van der Waals surface area contributed by atoms with Crippen LogP contribution in [0.25, 0.3) is 11.5 Å². The van der Waals surface area contributed by atoms with Crippen molar-refractivity contribution in [2.24, 2.45) is 5.92 Å². The van der Waals surface area contributed by atoms with Crippen LogP contribution in [0.3, 0.4) is 0 Å². The second kappa shape index (κ2) is 11.7. The fraction of sp³-hybridized carbons (Fsp3) is 0.296. The number of carbonyl (C=O) groups excluding carboxylic acids is 1. The molecular weight excluding hydrogens is 482 g/mol. The van der Waals surface area contributed by atoms with Gasteiger partial charge >= 0.3 is 5.97 Å². The molecule has 5 heterocycles. The molecule has 11 heteroatoms. The molecule has 1 atom stereocenters. The Hall–Kier alpha value is -4.51. The van der Waals surface area contributed by atoms with Crippen LogP contribution in [0.4, 0.5) is 23.3 Å². The predicted molar refractivity (Wildman–Crippen MR) is 143 cm³/mol. The quantitative estimate of drug-likeness (QED) is 0.295. The fourth-order valence-electron chi connectivity index (χ4n) is 4.20. The Labute approximate surface area is 220 Å². The first kappa shape index (κ1) is 25.2. The van der Waals surface area contributed by atoms with Gasteiger partial charge in [-0.1, -0.05) is 6.07 Å². The average molecular weight is 512 g/mol. The predicted octanol–water partition coefficient (Wildman–Crippen LogP) is 4.06. The molecule has 38 heavy (non-hydrogen) atoms. The molecule has 3 N–H and O–H groups in total. The van der Waals surface area contributed by atoms with Crippen molar-refractivity contribution >= 4 is 29.2 Å². The molecule has 194 valence electrons. The molecule has 0 bridgehead atoms. The summed E-state index contributed by atoms with van der Waals surface area (Å²) in [6.07, 6.45) is 6.71. The molecule has 0 spiro atoms. The summed E-state index contributed by atoms with van der Waals surface area (Å²) >= 11 is 0. The summed E-state index contributed by atoms with van der Waals surface area (Å²) in [6, 6.07) is 12.6. The number of carbonyl (C=O) groups is 1. The lowest BCUT2D eigenvalue weighted by Gasteiger charge is -2.27. The minimum absolute atomic E-state index is 0.146. The van der Waals surface area contributed by atoms with Gasteiger partial charge in [0.05, 0.1) is 11.9 Å². The summed E-state index contributed by atoms with van der Waals surface area (Å²) in [5, 5.41) is 9.60. The molecule has 1 aliphatic heterocycles. The highest BCUT2D eigenvalue weighted by molar-refractivity contribution is 5.87. The van der Waals surface area contributed by atoms with Gasteiger partial charge in [0.1, 0.15) is 29.1 Å². The Morgan fingerprint density at radius 3 is 2.50 bits per heavy atom. The molecule has 1 aliphatic rings. The van der Waals surface area contributed by atoms with Gasteiger partial charge in [0, 0.05) is 18.1 Å². The van der Waals surface area contributed by atoms with Crippen LogP contribution in [0.2, 0.25) is 0 Å². The van der Waals surface area contributed by atoms with Gasteiger partial charge in [-0.3, -0.25) is 0 Å². The monoisotopic (exact) mass is 511 g/mol. The number of piperidine rings is 1. The lowest BCUT2D eigenvalue weighted by atomic mass is 9.93. The molecule has 4 aromatic heterocycles. The van der Waals surface area contributed by atoms with E-state index < -0.39 is 5.97 Å². The third kappa shape index (κ3) is 6.43. The summed E-state index contributed by atoms with van der Waals surface area (Å²) in [5.74, 6) is 1.94. The van der Waals surface area contributed by atoms with Gasteiger partial charge in [-0.15, -0.1) is 0 Å². The van der Waals surface area contributed by atoms with E-state index in [1.165, 1.54) is 0 Å². The lowest BCUT2D eigenvalue weighted by molar-refractivity contribution is 0.0145. The first-order valence-electron chi connectivity index (χ1n) is 12.6. The van der Waals surface area contributed by atoms with Crippen LogP contribution in [0.5, 0.6) is 0 Å². The van der Waals surface area contributed by atoms with Crippen molar-refractivity contribution in [3.63, 3.8) is 0 Å². The van der Waals surface area contributed by atoms with Crippen LogP contribution in [0.15, 0.2) is 61.1 Å². The first-order chi connectivity index (χ1) is 18.5. The molecule has 0 saturated carbocycles. The van der Waals surface area contributed by atoms with E-state index in [1.54, 1.807) is 42.9 Å². The lowest BCUT2D eigenvalue weighted by Crippen LogP contribution is -2.35.